The number of benzene rings is 1. The maximum atomic E-state index is 13.3. The Balaban J connectivity index is 1.50. The smallest absolute Gasteiger partial charge is 0.163 e. The highest BCUT2D eigenvalue weighted by Gasteiger charge is 2.31. The average Bonchev–Trinajstić information content (AvgIpc) is 3.13. The van der Waals surface area contributed by atoms with Gasteiger partial charge in [-0.05, 0) is 24.3 Å². The molecule has 1 N–H and O–H groups in total. The van der Waals surface area contributed by atoms with Crippen LogP contribution in [0.1, 0.15) is 6.42 Å². The predicted octanol–water partition coefficient (Wildman–Crippen LogP) is 2.99. The molecule has 1 aliphatic heterocycles. The third-order valence-corrected chi connectivity index (χ3v) is 4.58. The van der Waals surface area contributed by atoms with Crippen molar-refractivity contribution >= 4 is 16.8 Å². The van der Waals surface area contributed by atoms with Crippen LogP contribution in [-0.4, -0.2) is 42.5 Å². The molecule has 136 valence electrons. The van der Waals surface area contributed by atoms with Gasteiger partial charge >= 0.3 is 0 Å². The minimum absolute atomic E-state index is 0.310. The highest BCUT2D eigenvalue weighted by atomic mass is 19.1. The zero-order chi connectivity index (χ0) is 18.1. The van der Waals surface area contributed by atoms with Crippen LogP contribution in [0.25, 0.3) is 11.0 Å². The summed E-state index contributed by atoms with van der Waals surface area (Å²) in [7, 11) is 1.46. The summed E-state index contributed by atoms with van der Waals surface area (Å²) in [4.78, 5) is 6.45. The standard InChI is InChI=1S/C19H19FN2O4/c1-24-18-10-12(20)2-3-17(18)26-16-5-8-22(11-14(16)23)19-13-6-9-25-15(13)4-7-21-19/h2-4,6-7,9-10,14,16,23H,5,8,11H2,1H3/t14-,16-/m1/s1. The van der Waals surface area contributed by atoms with Crippen molar-refractivity contribution < 1.29 is 23.4 Å². The number of hydrogen-bond acceptors (Lipinski definition) is 6. The molecule has 1 fully saturated rings. The van der Waals surface area contributed by atoms with Gasteiger partial charge in [-0.3, -0.25) is 0 Å². The van der Waals surface area contributed by atoms with E-state index in [1.54, 1.807) is 12.5 Å². The molecule has 0 saturated carbocycles. The Hall–Kier alpha value is -2.80. The number of hydrogen-bond donors (Lipinski definition) is 1. The number of halogens is 1. The van der Waals surface area contributed by atoms with Gasteiger partial charge in [0, 0.05) is 31.8 Å². The first-order chi connectivity index (χ1) is 12.7. The number of piperidine rings is 1. The molecule has 4 rings (SSSR count). The van der Waals surface area contributed by atoms with Gasteiger partial charge in [-0.2, -0.15) is 0 Å². The van der Waals surface area contributed by atoms with Crippen LogP contribution in [0.2, 0.25) is 0 Å². The Morgan fingerprint density at radius 1 is 1.27 bits per heavy atom. The van der Waals surface area contributed by atoms with Crippen LogP contribution in [-0.2, 0) is 0 Å². The van der Waals surface area contributed by atoms with Crippen molar-refractivity contribution in [1.29, 1.82) is 0 Å². The van der Waals surface area contributed by atoms with Crippen LogP contribution >= 0.6 is 0 Å². The van der Waals surface area contributed by atoms with Gasteiger partial charge < -0.3 is 23.9 Å². The van der Waals surface area contributed by atoms with Gasteiger partial charge in [0.1, 0.15) is 29.4 Å². The highest BCUT2D eigenvalue weighted by molar-refractivity contribution is 5.88. The number of anilines is 1. The molecule has 1 saturated heterocycles. The number of aliphatic hydroxyl groups excluding tert-OH is 1. The van der Waals surface area contributed by atoms with Gasteiger partial charge in [0.25, 0.3) is 0 Å². The molecule has 0 bridgehead atoms. The topological polar surface area (TPSA) is 68.0 Å². The molecule has 6 nitrogen and oxygen atoms in total. The number of methoxy groups -OCH3 is 1. The number of furan rings is 1. The van der Waals surface area contributed by atoms with E-state index in [0.717, 1.165) is 16.8 Å². The molecule has 1 aliphatic rings. The first kappa shape index (κ1) is 16.7. The normalized spacial score (nSPS) is 20.3. The van der Waals surface area contributed by atoms with E-state index in [2.05, 4.69) is 4.98 Å². The molecule has 2 atom stereocenters. The second-order valence-electron chi connectivity index (χ2n) is 6.22. The van der Waals surface area contributed by atoms with E-state index in [0.29, 0.717) is 31.0 Å². The predicted molar refractivity (Wildman–Crippen MR) is 94.2 cm³/mol. The molecular formula is C19H19FN2O4. The summed E-state index contributed by atoms with van der Waals surface area (Å²) in [6, 6.07) is 7.77. The van der Waals surface area contributed by atoms with E-state index in [4.69, 9.17) is 13.9 Å². The summed E-state index contributed by atoms with van der Waals surface area (Å²) in [6.07, 6.45) is 2.79. The first-order valence-electron chi connectivity index (χ1n) is 8.41. The quantitative estimate of drug-likeness (QED) is 0.773. The fourth-order valence-corrected chi connectivity index (χ4v) is 3.27. The largest absolute Gasteiger partial charge is 0.493 e. The summed E-state index contributed by atoms with van der Waals surface area (Å²) < 4.78 is 29.8. The zero-order valence-corrected chi connectivity index (χ0v) is 14.3. The SMILES string of the molecule is COc1cc(F)ccc1O[C@@H]1CCN(c2nccc3occc23)C[C@H]1O. The second kappa shape index (κ2) is 6.84. The summed E-state index contributed by atoms with van der Waals surface area (Å²) in [5.74, 6) is 1.11. The van der Waals surface area contributed by atoms with E-state index >= 15 is 0 Å². The van der Waals surface area contributed by atoms with E-state index in [1.165, 1.54) is 25.3 Å². The van der Waals surface area contributed by atoms with E-state index in [9.17, 15) is 9.50 Å². The third kappa shape index (κ3) is 3.06. The van der Waals surface area contributed by atoms with Gasteiger partial charge in [-0.25, -0.2) is 9.37 Å². The Morgan fingerprint density at radius 2 is 2.15 bits per heavy atom. The number of β-amino-alcohol motifs (C(OH)–C–C–N with tert-alkyl or cyclic N) is 1. The molecule has 3 aromatic rings. The maximum Gasteiger partial charge on any atom is 0.163 e. The highest BCUT2D eigenvalue weighted by Crippen LogP contribution is 2.32. The van der Waals surface area contributed by atoms with Gasteiger partial charge in [0.15, 0.2) is 11.5 Å². The average molecular weight is 358 g/mol. The minimum atomic E-state index is -0.720. The fourth-order valence-electron chi connectivity index (χ4n) is 3.27. The Bertz CT molecular complexity index is 913. The van der Waals surface area contributed by atoms with Crippen LogP contribution in [0.15, 0.2) is 47.2 Å². The Labute approximate surface area is 149 Å². The van der Waals surface area contributed by atoms with Crippen molar-refractivity contribution in [1.82, 2.24) is 4.98 Å². The number of pyridine rings is 1. The number of nitrogens with zero attached hydrogens (tertiary/aromatic N) is 2. The summed E-state index contributed by atoms with van der Waals surface area (Å²) in [5.41, 5.74) is 0.763. The summed E-state index contributed by atoms with van der Waals surface area (Å²) in [5, 5.41) is 11.5. The number of aliphatic hydroxyl groups is 1. The van der Waals surface area contributed by atoms with Crippen molar-refractivity contribution in [2.24, 2.45) is 0 Å². The van der Waals surface area contributed by atoms with E-state index in [1.807, 2.05) is 17.0 Å². The van der Waals surface area contributed by atoms with Crippen molar-refractivity contribution in [3.05, 3.63) is 48.6 Å². The Kier molecular flexibility index (Phi) is 4.38. The lowest BCUT2D eigenvalue weighted by molar-refractivity contribution is 0.0227. The lowest BCUT2D eigenvalue weighted by Gasteiger charge is -2.36. The van der Waals surface area contributed by atoms with Gasteiger partial charge in [-0.15, -0.1) is 0 Å². The molecule has 0 amide bonds. The van der Waals surface area contributed by atoms with Crippen LogP contribution in [0.3, 0.4) is 0 Å². The van der Waals surface area contributed by atoms with Crippen molar-refractivity contribution in [2.45, 2.75) is 18.6 Å². The lowest BCUT2D eigenvalue weighted by atomic mass is 10.0. The van der Waals surface area contributed by atoms with Crippen LogP contribution in [0, 0.1) is 5.82 Å². The molecule has 0 spiro atoms. The molecule has 1 aromatic carbocycles. The van der Waals surface area contributed by atoms with Crippen molar-refractivity contribution in [3.8, 4) is 11.5 Å². The molecule has 3 heterocycles. The van der Waals surface area contributed by atoms with E-state index in [-0.39, 0.29) is 0 Å². The monoisotopic (exact) mass is 358 g/mol. The van der Waals surface area contributed by atoms with Crippen molar-refractivity contribution in [3.63, 3.8) is 0 Å². The second-order valence-corrected chi connectivity index (χ2v) is 6.22. The minimum Gasteiger partial charge on any atom is -0.493 e. The molecule has 0 radical (unpaired) electrons. The molecule has 0 aliphatic carbocycles. The third-order valence-electron chi connectivity index (χ3n) is 4.58. The number of ether oxygens (including phenoxy) is 2. The number of aromatic nitrogens is 1. The van der Waals surface area contributed by atoms with E-state index < -0.39 is 18.0 Å². The number of fused-ring (bicyclic) bond motifs is 1. The van der Waals surface area contributed by atoms with Gasteiger partial charge in [0.05, 0.1) is 18.8 Å². The van der Waals surface area contributed by atoms with Gasteiger partial charge in [0.2, 0.25) is 0 Å². The van der Waals surface area contributed by atoms with Crippen LogP contribution in [0.5, 0.6) is 11.5 Å². The van der Waals surface area contributed by atoms with Crippen molar-refractivity contribution in [2.75, 3.05) is 25.1 Å². The van der Waals surface area contributed by atoms with Crippen LogP contribution in [0.4, 0.5) is 10.2 Å². The number of rotatable bonds is 4. The molecule has 7 heteroatoms. The summed E-state index contributed by atoms with van der Waals surface area (Å²) in [6.45, 7) is 1.05. The lowest BCUT2D eigenvalue weighted by Crippen LogP contribution is -2.49. The van der Waals surface area contributed by atoms with Gasteiger partial charge in [-0.1, -0.05) is 0 Å². The molecule has 2 aromatic heterocycles. The molecule has 0 unspecified atom stereocenters. The molecular weight excluding hydrogens is 339 g/mol. The maximum absolute atomic E-state index is 13.3. The first-order valence-corrected chi connectivity index (χ1v) is 8.41. The van der Waals surface area contributed by atoms with Crippen LogP contribution < -0.4 is 14.4 Å². The Morgan fingerprint density at radius 3 is 2.96 bits per heavy atom. The molecule has 26 heavy (non-hydrogen) atoms. The fraction of sp³-hybridized carbons (Fsp3) is 0.316. The zero-order valence-electron chi connectivity index (χ0n) is 14.3. The summed E-state index contributed by atoms with van der Waals surface area (Å²) >= 11 is 0.